The van der Waals surface area contributed by atoms with Gasteiger partial charge in [-0.25, -0.2) is 0 Å². The summed E-state index contributed by atoms with van der Waals surface area (Å²) in [5, 5.41) is 3.65. The normalized spacial score (nSPS) is 32.3. The summed E-state index contributed by atoms with van der Waals surface area (Å²) in [6.07, 6.45) is 7.05. The molecule has 2 aliphatic rings. The number of nitrogens with zero attached hydrogens (tertiary/aromatic N) is 1. The van der Waals surface area contributed by atoms with Crippen LogP contribution in [0.1, 0.15) is 59.3 Å². The lowest BCUT2D eigenvalue weighted by atomic mass is 9.96. The molecular weight excluding hydrogens is 224 g/mol. The molecule has 2 bridgehead atoms. The van der Waals surface area contributed by atoms with Crippen molar-refractivity contribution in [1.82, 2.24) is 10.2 Å². The highest BCUT2D eigenvalue weighted by Gasteiger charge is 2.37. The van der Waals surface area contributed by atoms with E-state index in [1.807, 2.05) is 0 Å². The molecule has 1 N–H and O–H groups in total. The Labute approximate surface area is 111 Å². The number of rotatable bonds is 5. The molecule has 0 aliphatic carbocycles. The molecule has 1 amide bonds. The van der Waals surface area contributed by atoms with E-state index < -0.39 is 0 Å². The summed E-state index contributed by atoms with van der Waals surface area (Å²) in [5.74, 6) is 0.577. The van der Waals surface area contributed by atoms with Crippen molar-refractivity contribution in [1.29, 1.82) is 0 Å². The molecule has 0 saturated carbocycles. The van der Waals surface area contributed by atoms with Gasteiger partial charge in [-0.1, -0.05) is 20.3 Å². The van der Waals surface area contributed by atoms with Gasteiger partial charge in [0, 0.05) is 30.6 Å². The van der Waals surface area contributed by atoms with Gasteiger partial charge in [-0.2, -0.15) is 0 Å². The van der Waals surface area contributed by atoms with E-state index in [0.717, 1.165) is 32.2 Å². The first kappa shape index (κ1) is 13.9. The van der Waals surface area contributed by atoms with Crippen LogP contribution in [0.3, 0.4) is 0 Å². The molecule has 0 spiro atoms. The Hall–Kier alpha value is -0.570. The van der Waals surface area contributed by atoms with Crippen molar-refractivity contribution in [2.24, 2.45) is 5.92 Å². The summed E-state index contributed by atoms with van der Waals surface area (Å²) in [4.78, 5) is 14.7. The van der Waals surface area contributed by atoms with E-state index in [2.05, 4.69) is 31.0 Å². The van der Waals surface area contributed by atoms with E-state index in [1.165, 1.54) is 12.8 Å². The SMILES string of the molecule is CCCC(C)C(=O)N(CC)C1CC2CCC(C1)N2. The second-order valence-electron chi connectivity index (χ2n) is 6.08. The zero-order chi connectivity index (χ0) is 13.1. The Morgan fingerprint density at radius 2 is 1.89 bits per heavy atom. The maximum absolute atomic E-state index is 12.5. The molecule has 0 aromatic carbocycles. The Bertz CT molecular complexity index is 280. The molecule has 2 aliphatic heterocycles. The molecule has 3 heteroatoms. The van der Waals surface area contributed by atoms with E-state index in [-0.39, 0.29) is 5.92 Å². The lowest BCUT2D eigenvalue weighted by Gasteiger charge is -2.38. The van der Waals surface area contributed by atoms with Crippen LogP contribution in [0.4, 0.5) is 0 Å². The van der Waals surface area contributed by atoms with Crippen LogP contribution in [0, 0.1) is 5.92 Å². The molecule has 2 heterocycles. The standard InChI is InChI=1S/C15H28N2O/c1-4-6-11(3)15(18)17(5-2)14-9-12-7-8-13(10-14)16-12/h11-14,16H,4-10H2,1-3H3. The first-order chi connectivity index (χ1) is 8.65. The first-order valence-electron chi connectivity index (χ1n) is 7.72. The number of hydrogen-bond donors (Lipinski definition) is 1. The molecular formula is C15H28N2O. The van der Waals surface area contributed by atoms with Crippen LogP contribution in [0.25, 0.3) is 0 Å². The molecule has 3 nitrogen and oxygen atoms in total. The number of fused-ring (bicyclic) bond motifs is 2. The third-order valence-electron chi connectivity index (χ3n) is 4.66. The van der Waals surface area contributed by atoms with Gasteiger partial charge < -0.3 is 10.2 Å². The van der Waals surface area contributed by atoms with Crippen molar-refractivity contribution in [3.63, 3.8) is 0 Å². The smallest absolute Gasteiger partial charge is 0.225 e. The van der Waals surface area contributed by atoms with Crippen molar-refractivity contribution >= 4 is 5.91 Å². The third kappa shape index (κ3) is 2.87. The van der Waals surface area contributed by atoms with Gasteiger partial charge in [0.05, 0.1) is 0 Å². The van der Waals surface area contributed by atoms with Gasteiger partial charge in [-0.15, -0.1) is 0 Å². The maximum Gasteiger partial charge on any atom is 0.225 e. The maximum atomic E-state index is 12.5. The first-order valence-corrected chi connectivity index (χ1v) is 7.72. The molecule has 3 unspecified atom stereocenters. The van der Waals surface area contributed by atoms with Gasteiger partial charge in [0.25, 0.3) is 0 Å². The van der Waals surface area contributed by atoms with E-state index in [4.69, 9.17) is 0 Å². The topological polar surface area (TPSA) is 32.3 Å². The molecule has 0 aromatic rings. The number of carbonyl (C=O) groups is 1. The van der Waals surface area contributed by atoms with E-state index in [1.54, 1.807) is 0 Å². The summed E-state index contributed by atoms with van der Waals surface area (Å²) in [6.45, 7) is 7.24. The van der Waals surface area contributed by atoms with Crippen LogP contribution in [-0.4, -0.2) is 35.5 Å². The number of piperidine rings is 1. The Kier molecular flexibility index (Phi) is 4.66. The average molecular weight is 252 g/mol. The Balaban J connectivity index is 1.97. The fraction of sp³-hybridized carbons (Fsp3) is 0.933. The molecule has 2 fully saturated rings. The van der Waals surface area contributed by atoms with Gasteiger partial charge in [0.2, 0.25) is 5.91 Å². The van der Waals surface area contributed by atoms with Crippen LogP contribution in [0.2, 0.25) is 0 Å². The average Bonchev–Trinajstić information content (AvgIpc) is 2.69. The Morgan fingerprint density at radius 1 is 1.28 bits per heavy atom. The highest BCUT2D eigenvalue weighted by molar-refractivity contribution is 5.78. The number of nitrogens with one attached hydrogen (secondary N) is 1. The van der Waals surface area contributed by atoms with Crippen LogP contribution in [0.15, 0.2) is 0 Å². The molecule has 18 heavy (non-hydrogen) atoms. The molecule has 3 atom stereocenters. The minimum atomic E-state index is 0.197. The quantitative estimate of drug-likeness (QED) is 0.815. The molecule has 0 aromatic heterocycles. The number of carbonyl (C=O) groups excluding carboxylic acids is 1. The zero-order valence-corrected chi connectivity index (χ0v) is 12.1. The minimum absolute atomic E-state index is 0.197. The summed E-state index contributed by atoms with van der Waals surface area (Å²) in [5.41, 5.74) is 0. The van der Waals surface area contributed by atoms with Gasteiger partial charge in [-0.05, 0) is 39.0 Å². The van der Waals surface area contributed by atoms with Crippen molar-refractivity contribution in [2.75, 3.05) is 6.54 Å². The largest absolute Gasteiger partial charge is 0.340 e. The third-order valence-corrected chi connectivity index (χ3v) is 4.66. The van der Waals surface area contributed by atoms with E-state index in [0.29, 0.717) is 24.0 Å². The van der Waals surface area contributed by atoms with Gasteiger partial charge in [-0.3, -0.25) is 4.79 Å². The van der Waals surface area contributed by atoms with Crippen LogP contribution >= 0.6 is 0 Å². The lowest BCUT2D eigenvalue weighted by Crippen LogP contribution is -2.51. The van der Waals surface area contributed by atoms with Gasteiger partial charge in [0.15, 0.2) is 0 Å². The predicted molar refractivity (Wildman–Crippen MR) is 74.4 cm³/mol. The Morgan fingerprint density at radius 3 is 2.39 bits per heavy atom. The van der Waals surface area contributed by atoms with Crippen molar-refractivity contribution in [2.45, 2.75) is 77.4 Å². The van der Waals surface area contributed by atoms with Crippen LogP contribution < -0.4 is 5.32 Å². The van der Waals surface area contributed by atoms with E-state index >= 15 is 0 Å². The number of amides is 1. The lowest BCUT2D eigenvalue weighted by molar-refractivity contribution is -0.138. The van der Waals surface area contributed by atoms with Crippen LogP contribution in [-0.2, 0) is 4.79 Å². The number of hydrogen-bond acceptors (Lipinski definition) is 2. The monoisotopic (exact) mass is 252 g/mol. The summed E-state index contributed by atoms with van der Waals surface area (Å²) < 4.78 is 0. The van der Waals surface area contributed by atoms with E-state index in [9.17, 15) is 4.79 Å². The zero-order valence-electron chi connectivity index (χ0n) is 12.1. The summed E-state index contributed by atoms with van der Waals surface area (Å²) in [7, 11) is 0. The fourth-order valence-electron chi connectivity index (χ4n) is 3.72. The summed E-state index contributed by atoms with van der Waals surface area (Å²) in [6, 6.07) is 1.81. The fourth-order valence-corrected chi connectivity index (χ4v) is 3.72. The van der Waals surface area contributed by atoms with Crippen molar-refractivity contribution < 1.29 is 4.79 Å². The second kappa shape index (κ2) is 6.05. The van der Waals surface area contributed by atoms with Crippen molar-refractivity contribution in [3.05, 3.63) is 0 Å². The van der Waals surface area contributed by atoms with Crippen molar-refractivity contribution in [3.8, 4) is 0 Å². The highest BCUT2D eigenvalue weighted by Crippen LogP contribution is 2.30. The predicted octanol–water partition coefficient (Wildman–Crippen LogP) is 2.55. The van der Waals surface area contributed by atoms with Crippen LogP contribution in [0.5, 0.6) is 0 Å². The molecule has 2 rings (SSSR count). The van der Waals surface area contributed by atoms with Gasteiger partial charge >= 0.3 is 0 Å². The minimum Gasteiger partial charge on any atom is -0.340 e. The molecule has 0 radical (unpaired) electrons. The molecule has 2 saturated heterocycles. The molecule has 104 valence electrons. The summed E-state index contributed by atoms with van der Waals surface area (Å²) >= 11 is 0. The second-order valence-corrected chi connectivity index (χ2v) is 6.08. The van der Waals surface area contributed by atoms with Gasteiger partial charge in [0.1, 0.15) is 0 Å². The highest BCUT2D eigenvalue weighted by atomic mass is 16.2.